The number of hydrogen-bond acceptors (Lipinski definition) is 4. The fraction of sp³-hybridized carbons (Fsp3) is 0.684. The van der Waals surface area contributed by atoms with Crippen molar-refractivity contribution in [3.8, 4) is 5.75 Å². The maximum Gasteiger partial charge on any atom is 0.119 e. The molecule has 1 saturated heterocycles. The molecule has 1 heterocycles. The lowest BCUT2D eigenvalue weighted by molar-refractivity contribution is 0.0529. The van der Waals surface area contributed by atoms with E-state index in [0.717, 1.165) is 57.4 Å². The molecule has 128 valence electrons. The van der Waals surface area contributed by atoms with Crippen LogP contribution in [0.4, 0.5) is 0 Å². The van der Waals surface area contributed by atoms with Gasteiger partial charge in [-0.1, -0.05) is 18.6 Å². The Hall–Kier alpha value is -1.10. The van der Waals surface area contributed by atoms with Crippen LogP contribution in [0.25, 0.3) is 0 Å². The number of nitrogens with one attached hydrogen (secondary N) is 1. The van der Waals surface area contributed by atoms with Gasteiger partial charge in [-0.05, 0) is 56.3 Å². The maximum absolute atomic E-state index is 6.07. The van der Waals surface area contributed by atoms with Crippen molar-refractivity contribution in [3.05, 3.63) is 29.8 Å². The largest absolute Gasteiger partial charge is 0.494 e. The topological polar surface area (TPSA) is 56.5 Å². The first-order valence-electron chi connectivity index (χ1n) is 9.07. The number of hydrogen-bond donors (Lipinski definition) is 2. The second-order valence-electron chi connectivity index (χ2n) is 6.91. The van der Waals surface area contributed by atoms with Gasteiger partial charge in [-0.3, -0.25) is 0 Å². The minimum atomic E-state index is 0.0868. The zero-order valence-electron chi connectivity index (χ0n) is 14.1. The highest BCUT2D eigenvalue weighted by molar-refractivity contribution is 5.33. The summed E-state index contributed by atoms with van der Waals surface area (Å²) in [6.45, 7) is 4.13. The van der Waals surface area contributed by atoms with Gasteiger partial charge in [0.05, 0.1) is 6.61 Å². The summed E-state index contributed by atoms with van der Waals surface area (Å²) in [6, 6.07) is 9.30. The average Bonchev–Trinajstić information content (AvgIpc) is 2.57. The molecule has 2 aliphatic rings. The van der Waals surface area contributed by atoms with Crippen LogP contribution < -0.4 is 15.8 Å². The standard InChI is InChI=1S/C19H30N2O2/c20-15-19(9-13-22-14-10-19)16-5-7-18(8-6-16)23-12-2-11-21-17-3-1-4-17/h5-8,17,21H,1-4,9-15,20H2. The summed E-state index contributed by atoms with van der Waals surface area (Å²) in [7, 11) is 0. The Morgan fingerprint density at radius 1 is 1.17 bits per heavy atom. The maximum atomic E-state index is 6.07. The van der Waals surface area contributed by atoms with Crippen molar-refractivity contribution in [1.29, 1.82) is 0 Å². The predicted octanol–water partition coefficient (Wildman–Crippen LogP) is 2.60. The third-order valence-corrected chi connectivity index (χ3v) is 5.44. The highest BCUT2D eigenvalue weighted by Crippen LogP contribution is 2.34. The normalized spacial score (nSPS) is 20.9. The molecule has 23 heavy (non-hydrogen) atoms. The Labute approximate surface area is 139 Å². The quantitative estimate of drug-likeness (QED) is 0.724. The Bertz CT molecular complexity index is 465. The van der Waals surface area contributed by atoms with E-state index in [1.54, 1.807) is 0 Å². The van der Waals surface area contributed by atoms with Gasteiger partial charge in [-0.25, -0.2) is 0 Å². The molecule has 3 rings (SSSR count). The first-order valence-corrected chi connectivity index (χ1v) is 9.07. The molecule has 0 amide bonds. The second-order valence-corrected chi connectivity index (χ2v) is 6.91. The van der Waals surface area contributed by atoms with Crippen LogP contribution in [0, 0.1) is 0 Å². The number of benzene rings is 1. The zero-order valence-corrected chi connectivity index (χ0v) is 14.1. The van der Waals surface area contributed by atoms with E-state index in [1.165, 1.54) is 24.8 Å². The average molecular weight is 318 g/mol. The molecule has 1 aromatic rings. The molecule has 4 heteroatoms. The van der Waals surface area contributed by atoms with Crippen LogP contribution in [0.5, 0.6) is 5.75 Å². The van der Waals surface area contributed by atoms with Crippen LogP contribution in [0.1, 0.15) is 44.1 Å². The van der Waals surface area contributed by atoms with Gasteiger partial charge in [0.25, 0.3) is 0 Å². The first kappa shape index (κ1) is 16.7. The third-order valence-electron chi connectivity index (χ3n) is 5.44. The number of ether oxygens (including phenoxy) is 2. The van der Waals surface area contributed by atoms with E-state index in [9.17, 15) is 0 Å². The minimum absolute atomic E-state index is 0.0868. The fourth-order valence-corrected chi connectivity index (χ4v) is 3.46. The molecule has 0 aromatic heterocycles. The van der Waals surface area contributed by atoms with Crippen LogP contribution in [0.2, 0.25) is 0 Å². The lowest BCUT2D eigenvalue weighted by atomic mass is 9.74. The van der Waals surface area contributed by atoms with E-state index in [1.807, 2.05) is 0 Å². The van der Waals surface area contributed by atoms with Gasteiger partial charge in [0, 0.05) is 31.2 Å². The second kappa shape index (κ2) is 8.13. The first-order chi connectivity index (χ1) is 11.3. The molecule has 1 aliphatic carbocycles. The summed E-state index contributed by atoms with van der Waals surface area (Å²) < 4.78 is 11.3. The monoisotopic (exact) mass is 318 g/mol. The number of rotatable bonds is 8. The molecule has 2 fully saturated rings. The van der Waals surface area contributed by atoms with Crippen molar-refractivity contribution < 1.29 is 9.47 Å². The SMILES string of the molecule is NCC1(c2ccc(OCCCNC3CCC3)cc2)CCOCC1. The minimum Gasteiger partial charge on any atom is -0.494 e. The van der Waals surface area contributed by atoms with Crippen molar-refractivity contribution in [2.45, 2.75) is 50.0 Å². The Balaban J connectivity index is 1.44. The summed E-state index contributed by atoms with van der Waals surface area (Å²) >= 11 is 0. The molecule has 0 radical (unpaired) electrons. The lowest BCUT2D eigenvalue weighted by Crippen LogP contribution is -2.40. The zero-order chi connectivity index (χ0) is 16.0. The Morgan fingerprint density at radius 2 is 1.91 bits per heavy atom. The molecule has 1 saturated carbocycles. The molecule has 0 unspecified atom stereocenters. The lowest BCUT2D eigenvalue weighted by Gasteiger charge is -2.36. The van der Waals surface area contributed by atoms with E-state index in [2.05, 4.69) is 29.6 Å². The van der Waals surface area contributed by atoms with E-state index in [4.69, 9.17) is 15.2 Å². The van der Waals surface area contributed by atoms with Gasteiger partial charge in [-0.2, -0.15) is 0 Å². The summed E-state index contributed by atoms with van der Waals surface area (Å²) in [5.74, 6) is 0.955. The van der Waals surface area contributed by atoms with Gasteiger partial charge in [-0.15, -0.1) is 0 Å². The fourth-order valence-electron chi connectivity index (χ4n) is 3.46. The highest BCUT2D eigenvalue weighted by atomic mass is 16.5. The number of nitrogens with two attached hydrogens (primary N) is 1. The smallest absolute Gasteiger partial charge is 0.119 e. The van der Waals surface area contributed by atoms with Gasteiger partial charge in [0.2, 0.25) is 0 Å². The van der Waals surface area contributed by atoms with Crippen molar-refractivity contribution in [2.24, 2.45) is 5.73 Å². The Kier molecular flexibility index (Phi) is 5.92. The summed E-state index contributed by atoms with van der Waals surface area (Å²) in [5, 5.41) is 3.56. The van der Waals surface area contributed by atoms with Gasteiger partial charge >= 0.3 is 0 Å². The molecular weight excluding hydrogens is 288 g/mol. The van der Waals surface area contributed by atoms with Gasteiger partial charge < -0.3 is 20.5 Å². The van der Waals surface area contributed by atoms with Crippen LogP contribution in [0.15, 0.2) is 24.3 Å². The molecule has 0 spiro atoms. The summed E-state index contributed by atoms with van der Waals surface area (Å²) in [6.07, 6.45) is 7.15. The van der Waals surface area contributed by atoms with E-state index >= 15 is 0 Å². The molecular formula is C19H30N2O2. The van der Waals surface area contributed by atoms with E-state index in [0.29, 0.717) is 6.54 Å². The van der Waals surface area contributed by atoms with Crippen molar-refractivity contribution >= 4 is 0 Å². The predicted molar refractivity (Wildman–Crippen MR) is 93.0 cm³/mol. The van der Waals surface area contributed by atoms with Crippen molar-refractivity contribution in [3.63, 3.8) is 0 Å². The van der Waals surface area contributed by atoms with Crippen LogP contribution in [0.3, 0.4) is 0 Å². The van der Waals surface area contributed by atoms with Crippen LogP contribution in [-0.4, -0.2) is 39.0 Å². The van der Waals surface area contributed by atoms with Crippen molar-refractivity contribution in [2.75, 3.05) is 32.9 Å². The van der Waals surface area contributed by atoms with Gasteiger partial charge in [0.1, 0.15) is 5.75 Å². The summed E-state index contributed by atoms with van der Waals surface area (Å²) in [5.41, 5.74) is 7.48. The molecule has 0 atom stereocenters. The van der Waals surface area contributed by atoms with E-state index < -0.39 is 0 Å². The third kappa shape index (κ3) is 4.25. The molecule has 0 bridgehead atoms. The molecule has 4 nitrogen and oxygen atoms in total. The van der Waals surface area contributed by atoms with E-state index in [-0.39, 0.29) is 5.41 Å². The highest BCUT2D eigenvalue weighted by Gasteiger charge is 2.32. The van der Waals surface area contributed by atoms with Gasteiger partial charge in [0.15, 0.2) is 0 Å². The Morgan fingerprint density at radius 3 is 2.52 bits per heavy atom. The molecule has 3 N–H and O–H groups in total. The van der Waals surface area contributed by atoms with Crippen LogP contribution >= 0.6 is 0 Å². The molecule has 1 aromatic carbocycles. The molecule has 1 aliphatic heterocycles. The summed E-state index contributed by atoms with van der Waals surface area (Å²) in [4.78, 5) is 0. The van der Waals surface area contributed by atoms with Crippen molar-refractivity contribution in [1.82, 2.24) is 5.32 Å². The van der Waals surface area contributed by atoms with Crippen LogP contribution in [-0.2, 0) is 10.2 Å².